The highest BCUT2D eigenvalue weighted by atomic mass is 16.5. The van der Waals surface area contributed by atoms with Crippen molar-refractivity contribution < 1.29 is 24.2 Å². The lowest BCUT2D eigenvalue weighted by Crippen LogP contribution is -2.47. The first-order chi connectivity index (χ1) is 20.7. The molecule has 7 atom stereocenters. The van der Waals surface area contributed by atoms with Crippen LogP contribution in [0.25, 0.3) is 0 Å². The molecule has 2 aromatic rings. The van der Waals surface area contributed by atoms with Crippen LogP contribution in [0, 0.1) is 17.8 Å². The molecule has 0 radical (unpaired) electrons. The molecule has 0 spiro atoms. The summed E-state index contributed by atoms with van der Waals surface area (Å²) in [4.78, 5) is 41.1. The summed E-state index contributed by atoms with van der Waals surface area (Å²) in [5, 5.41) is 17.8. The Morgan fingerprint density at radius 3 is 2.53 bits per heavy atom. The molecule has 8 nitrogen and oxygen atoms in total. The van der Waals surface area contributed by atoms with Gasteiger partial charge < -0.3 is 25.4 Å². The number of fused-ring (bicyclic) bond motifs is 2. The van der Waals surface area contributed by atoms with Gasteiger partial charge in [-0.25, -0.2) is 0 Å². The molecule has 232 valence electrons. The number of aliphatic hydroxyl groups is 1. The lowest BCUT2D eigenvalue weighted by Gasteiger charge is -2.28. The third-order valence-electron chi connectivity index (χ3n) is 9.64. The summed E-state index contributed by atoms with van der Waals surface area (Å²) < 4.78 is 6.08. The predicted octanol–water partition coefficient (Wildman–Crippen LogP) is 5.02. The average molecular weight is 590 g/mol. The maximum absolute atomic E-state index is 13.8. The second-order valence-electron chi connectivity index (χ2n) is 13.0. The number of anilines is 1. The monoisotopic (exact) mass is 589 g/mol. The maximum atomic E-state index is 13.8. The van der Waals surface area contributed by atoms with Crippen molar-refractivity contribution in [3.63, 3.8) is 0 Å². The Bertz CT molecular complexity index is 1280. The Hall–Kier alpha value is -3.39. The lowest BCUT2D eigenvalue weighted by molar-refractivity contribution is -0.126. The second kappa shape index (κ2) is 13.9. The van der Waals surface area contributed by atoms with E-state index in [9.17, 15) is 19.5 Å². The quantitative estimate of drug-likeness (QED) is 0.304. The van der Waals surface area contributed by atoms with Gasteiger partial charge in [0.25, 0.3) is 5.91 Å². The van der Waals surface area contributed by atoms with E-state index in [1.807, 2.05) is 57.2 Å². The van der Waals surface area contributed by atoms with Crippen LogP contribution < -0.4 is 20.3 Å². The van der Waals surface area contributed by atoms with Crippen molar-refractivity contribution in [3.8, 4) is 5.75 Å². The normalized spacial score (nSPS) is 24.0. The Kier molecular flexibility index (Phi) is 10.1. The molecule has 1 aliphatic heterocycles. The molecular formula is C35H47N3O5. The molecule has 8 heteroatoms. The predicted molar refractivity (Wildman–Crippen MR) is 167 cm³/mol. The molecule has 3 unspecified atom stereocenters. The van der Waals surface area contributed by atoms with E-state index in [4.69, 9.17) is 4.74 Å². The summed E-state index contributed by atoms with van der Waals surface area (Å²) >= 11 is 0. The van der Waals surface area contributed by atoms with Crippen LogP contribution in [0.3, 0.4) is 0 Å². The molecule has 0 aromatic heterocycles. The fourth-order valence-corrected chi connectivity index (χ4v) is 6.96. The number of carbonyl (C=O) groups excluding carboxylic acids is 3. The van der Waals surface area contributed by atoms with Crippen molar-refractivity contribution in [2.75, 3.05) is 11.4 Å². The fourth-order valence-electron chi connectivity index (χ4n) is 6.96. The van der Waals surface area contributed by atoms with Gasteiger partial charge in [0.15, 0.2) is 0 Å². The minimum atomic E-state index is -0.941. The van der Waals surface area contributed by atoms with E-state index in [1.165, 1.54) is 19.3 Å². The van der Waals surface area contributed by atoms with Crippen molar-refractivity contribution in [1.29, 1.82) is 0 Å². The third-order valence-corrected chi connectivity index (χ3v) is 9.64. The fraction of sp³-hybridized carbons (Fsp3) is 0.571. The second-order valence-corrected chi connectivity index (χ2v) is 13.0. The molecule has 3 fully saturated rings. The number of rotatable bonds is 13. The number of hydrogen-bond acceptors (Lipinski definition) is 5. The smallest absolute Gasteiger partial charge is 0.251 e. The van der Waals surface area contributed by atoms with Crippen LogP contribution in [0.5, 0.6) is 5.75 Å². The zero-order valence-corrected chi connectivity index (χ0v) is 25.8. The molecule has 5 rings (SSSR count). The summed E-state index contributed by atoms with van der Waals surface area (Å²) in [7, 11) is 0. The van der Waals surface area contributed by atoms with E-state index in [0.29, 0.717) is 42.3 Å². The first-order valence-electron chi connectivity index (χ1n) is 16.2. The minimum absolute atomic E-state index is 0.0297. The van der Waals surface area contributed by atoms with Gasteiger partial charge in [-0.05, 0) is 81.4 Å². The van der Waals surface area contributed by atoms with Gasteiger partial charge in [0.2, 0.25) is 11.8 Å². The Morgan fingerprint density at radius 1 is 1.09 bits per heavy atom. The topological polar surface area (TPSA) is 108 Å². The summed E-state index contributed by atoms with van der Waals surface area (Å²) in [5.74, 6) is 1.09. The summed E-state index contributed by atoms with van der Waals surface area (Å²) in [6, 6.07) is 14.6. The first kappa shape index (κ1) is 31.0. The van der Waals surface area contributed by atoms with Crippen LogP contribution in [-0.2, 0) is 16.0 Å². The van der Waals surface area contributed by atoms with E-state index in [1.54, 1.807) is 17.0 Å². The van der Waals surface area contributed by atoms with Gasteiger partial charge in [-0.1, -0.05) is 50.6 Å². The van der Waals surface area contributed by atoms with Crippen molar-refractivity contribution in [3.05, 3.63) is 59.7 Å². The van der Waals surface area contributed by atoms with Crippen LogP contribution in [-0.4, -0.2) is 53.7 Å². The van der Waals surface area contributed by atoms with Gasteiger partial charge in [0.05, 0.1) is 18.2 Å². The van der Waals surface area contributed by atoms with E-state index in [-0.39, 0.29) is 36.3 Å². The zero-order valence-electron chi connectivity index (χ0n) is 25.8. The first-order valence-corrected chi connectivity index (χ1v) is 16.2. The number of amides is 3. The Morgan fingerprint density at radius 2 is 1.88 bits per heavy atom. The number of ether oxygens (including phenoxy) is 1. The largest absolute Gasteiger partial charge is 0.491 e. The molecule has 3 amide bonds. The number of aliphatic hydroxyl groups excluding tert-OH is 1. The molecule has 2 aromatic carbocycles. The molecule has 2 aliphatic carbocycles. The average Bonchev–Trinajstić information content (AvgIpc) is 3.74. The Balaban J connectivity index is 1.32. The SMILES string of the molecule is CC[C@H](C)Oc1cc(C(=O)N[C@@H](Cc2ccccc2)[C@@H](O)C[C@@H](C)C(=O)NC2CC3CCC2C3)cc(N2CCCC2=O)c1. The van der Waals surface area contributed by atoms with Crippen LogP contribution in [0.2, 0.25) is 0 Å². The highest BCUT2D eigenvalue weighted by Crippen LogP contribution is 2.44. The van der Waals surface area contributed by atoms with E-state index in [2.05, 4.69) is 10.6 Å². The van der Waals surface area contributed by atoms with Gasteiger partial charge in [0.1, 0.15) is 5.75 Å². The molecule has 2 bridgehead atoms. The van der Waals surface area contributed by atoms with Gasteiger partial charge >= 0.3 is 0 Å². The third kappa shape index (κ3) is 7.77. The highest BCUT2D eigenvalue weighted by Gasteiger charge is 2.40. The number of nitrogens with one attached hydrogen (secondary N) is 2. The van der Waals surface area contributed by atoms with Crippen molar-refractivity contribution in [1.82, 2.24) is 10.6 Å². The molecule has 2 saturated carbocycles. The highest BCUT2D eigenvalue weighted by molar-refractivity contribution is 5.99. The molecule has 3 aliphatic rings. The van der Waals surface area contributed by atoms with E-state index >= 15 is 0 Å². The maximum Gasteiger partial charge on any atom is 0.251 e. The number of nitrogens with zero attached hydrogens (tertiary/aromatic N) is 1. The molecule has 1 heterocycles. The van der Waals surface area contributed by atoms with Gasteiger partial charge in [-0.15, -0.1) is 0 Å². The van der Waals surface area contributed by atoms with E-state index in [0.717, 1.165) is 30.7 Å². The summed E-state index contributed by atoms with van der Waals surface area (Å²) in [6.07, 6.45) is 6.44. The van der Waals surface area contributed by atoms with Gasteiger partial charge in [-0.2, -0.15) is 0 Å². The molecule has 1 saturated heterocycles. The molecule has 43 heavy (non-hydrogen) atoms. The van der Waals surface area contributed by atoms with Crippen molar-refractivity contribution >= 4 is 23.4 Å². The van der Waals surface area contributed by atoms with Crippen LogP contribution in [0.4, 0.5) is 5.69 Å². The Labute approximate surface area is 255 Å². The number of carbonyl (C=O) groups is 3. The van der Waals surface area contributed by atoms with Crippen LogP contribution >= 0.6 is 0 Å². The van der Waals surface area contributed by atoms with Crippen molar-refractivity contribution in [2.45, 2.75) is 103 Å². The standard InChI is InChI=1S/C35H47N3O5/c1-4-23(3)43-29-20-27(19-28(21-29)38-14-8-11-33(38)40)35(42)37-31(17-24-9-6-5-7-10-24)32(39)15-22(2)34(41)36-30-18-25-12-13-26(30)16-25/h5-7,9-10,19-23,25-26,30-32,39H,4,8,11-18H2,1-3H3,(H,36,41)(H,37,42)/t22-,23+,25?,26?,30?,31+,32+/m1/s1. The zero-order chi connectivity index (χ0) is 30.5. The van der Waals surface area contributed by atoms with Crippen LogP contribution in [0.15, 0.2) is 48.5 Å². The van der Waals surface area contributed by atoms with Crippen molar-refractivity contribution in [2.24, 2.45) is 17.8 Å². The number of benzene rings is 2. The van der Waals surface area contributed by atoms with E-state index < -0.39 is 18.1 Å². The number of hydrogen-bond donors (Lipinski definition) is 3. The van der Waals surface area contributed by atoms with Gasteiger partial charge in [0, 0.05) is 42.2 Å². The summed E-state index contributed by atoms with van der Waals surface area (Å²) in [5.41, 5.74) is 1.98. The molecular weight excluding hydrogens is 542 g/mol. The van der Waals surface area contributed by atoms with Crippen LogP contribution in [0.1, 0.15) is 88.1 Å². The molecule has 3 N–H and O–H groups in total. The van der Waals surface area contributed by atoms with Gasteiger partial charge in [-0.3, -0.25) is 14.4 Å². The summed E-state index contributed by atoms with van der Waals surface area (Å²) in [6.45, 7) is 6.45. The lowest BCUT2D eigenvalue weighted by atomic mass is 9.91. The minimum Gasteiger partial charge on any atom is -0.491 e.